The Hall–Kier alpha value is -1.63. The van der Waals surface area contributed by atoms with E-state index < -0.39 is 21.5 Å². The summed E-state index contributed by atoms with van der Waals surface area (Å²) < 4.78 is 27.3. The molecule has 12 heteroatoms. The molecule has 2 saturated heterocycles. The first-order chi connectivity index (χ1) is 14.8. The summed E-state index contributed by atoms with van der Waals surface area (Å²) in [6, 6.07) is 1.11. The van der Waals surface area contributed by atoms with Crippen LogP contribution in [0.15, 0.2) is 16.3 Å². The van der Waals surface area contributed by atoms with E-state index in [0.29, 0.717) is 32.4 Å². The van der Waals surface area contributed by atoms with Gasteiger partial charge in [-0.25, -0.2) is 13.2 Å². The van der Waals surface area contributed by atoms with E-state index in [2.05, 4.69) is 10.6 Å². The highest BCUT2D eigenvalue weighted by Crippen LogP contribution is 2.35. The van der Waals surface area contributed by atoms with Crippen LogP contribution in [0.1, 0.15) is 41.8 Å². The molecule has 31 heavy (non-hydrogen) atoms. The number of hydrogen-bond acceptors (Lipinski definition) is 7. The number of carbonyl (C=O) groups excluding carboxylic acids is 3. The molecule has 1 aliphatic carbocycles. The summed E-state index contributed by atoms with van der Waals surface area (Å²) in [4.78, 5) is 38.9. The van der Waals surface area contributed by atoms with Gasteiger partial charge >= 0.3 is 6.03 Å². The molecule has 0 radical (unpaired) electrons. The highest BCUT2D eigenvalue weighted by molar-refractivity contribution is 7.99. The molecule has 4 rings (SSSR count). The first-order valence-corrected chi connectivity index (χ1v) is 13.9. The average molecular weight is 487 g/mol. The van der Waals surface area contributed by atoms with Crippen LogP contribution >= 0.6 is 23.1 Å². The number of hydrogen-bond donors (Lipinski definition) is 2. The quantitative estimate of drug-likeness (QED) is 0.445. The van der Waals surface area contributed by atoms with Crippen LogP contribution in [0, 0.1) is 0 Å². The number of amides is 4. The van der Waals surface area contributed by atoms with Crippen molar-refractivity contribution in [2.24, 2.45) is 0 Å². The lowest BCUT2D eigenvalue weighted by atomic mass is 9.98. The molecule has 0 aromatic carbocycles. The molecule has 9 nitrogen and oxygen atoms in total. The van der Waals surface area contributed by atoms with E-state index in [1.807, 2.05) is 0 Å². The van der Waals surface area contributed by atoms with Crippen molar-refractivity contribution in [1.82, 2.24) is 19.8 Å². The van der Waals surface area contributed by atoms with Gasteiger partial charge in [0.1, 0.15) is 15.3 Å². The topological polar surface area (TPSA) is 116 Å². The first kappa shape index (κ1) is 22.6. The molecule has 0 bridgehead atoms. The fraction of sp³-hybridized carbons (Fsp3) is 0.632. The number of rotatable bonds is 7. The second-order valence-corrected chi connectivity index (χ2v) is 12.0. The lowest BCUT2D eigenvalue weighted by Crippen LogP contribution is -2.44. The molecule has 170 valence electrons. The van der Waals surface area contributed by atoms with E-state index in [9.17, 15) is 22.8 Å². The molecule has 0 atom stereocenters. The van der Waals surface area contributed by atoms with Gasteiger partial charge in [-0.3, -0.25) is 14.5 Å². The molecule has 0 unspecified atom stereocenters. The SMILES string of the molecule is O=C(NCCCN1C(=O)NC2(CCCC2)C1=O)c1sccc1S(=O)(=O)N1CCSCC1. The fourth-order valence-electron chi connectivity index (χ4n) is 4.31. The van der Waals surface area contributed by atoms with Gasteiger partial charge in [0.05, 0.1) is 0 Å². The Morgan fingerprint density at radius 3 is 2.61 bits per heavy atom. The van der Waals surface area contributed by atoms with Crippen LogP contribution in [0.2, 0.25) is 0 Å². The lowest BCUT2D eigenvalue weighted by molar-refractivity contribution is -0.131. The standard InChI is InChI=1S/C19H26N4O5S3/c24-16(15-14(4-11-30-15)31(27,28)22-9-12-29-13-10-22)20-7-3-8-23-17(25)19(21-18(23)26)5-1-2-6-19/h4,11H,1-3,5-10,12-13H2,(H,20,24)(H,21,26). The van der Waals surface area contributed by atoms with Crippen molar-refractivity contribution >= 4 is 51.0 Å². The van der Waals surface area contributed by atoms with Gasteiger partial charge < -0.3 is 10.6 Å². The van der Waals surface area contributed by atoms with Crippen LogP contribution in [0.3, 0.4) is 0 Å². The zero-order chi connectivity index (χ0) is 22.1. The van der Waals surface area contributed by atoms with Crippen LogP contribution < -0.4 is 10.6 Å². The number of nitrogens with one attached hydrogen (secondary N) is 2. The van der Waals surface area contributed by atoms with E-state index in [1.54, 1.807) is 17.1 Å². The molecule has 3 fully saturated rings. The van der Waals surface area contributed by atoms with E-state index >= 15 is 0 Å². The lowest BCUT2D eigenvalue weighted by Gasteiger charge is -2.25. The number of imide groups is 1. The van der Waals surface area contributed by atoms with Gasteiger partial charge in [-0.1, -0.05) is 12.8 Å². The molecule has 1 aromatic heterocycles. The second-order valence-electron chi connectivity index (χ2n) is 7.92. The van der Waals surface area contributed by atoms with Gasteiger partial charge in [-0.05, 0) is 30.7 Å². The van der Waals surface area contributed by atoms with Crippen molar-refractivity contribution in [3.05, 3.63) is 16.3 Å². The number of carbonyl (C=O) groups is 3. The van der Waals surface area contributed by atoms with Crippen LogP contribution in [0.25, 0.3) is 0 Å². The van der Waals surface area contributed by atoms with Gasteiger partial charge in [0, 0.05) is 37.7 Å². The Morgan fingerprint density at radius 1 is 1.19 bits per heavy atom. The summed E-state index contributed by atoms with van der Waals surface area (Å²) in [7, 11) is -3.70. The predicted octanol–water partition coefficient (Wildman–Crippen LogP) is 1.47. The summed E-state index contributed by atoms with van der Waals surface area (Å²) in [5.41, 5.74) is -0.729. The Morgan fingerprint density at radius 2 is 1.90 bits per heavy atom. The third-order valence-corrected chi connectivity index (χ3v) is 9.90. The van der Waals surface area contributed by atoms with Gasteiger partial charge in [0.15, 0.2) is 0 Å². The Bertz CT molecular complexity index is 965. The fourth-order valence-corrected chi connectivity index (χ4v) is 8.20. The molecule has 1 spiro atoms. The van der Waals surface area contributed by atoms with Gasteiger partial charge in [0.25, 0.3) is 11.8 Å². The summed E-state index contributed by atoms with van der Waals surface area (Å²) in [5.74, 6) is 0.862. The van der Waals surface area contributed by atoms with Crippen molar-refractivity contribution in [3.8, 4) is 0 Å². The largest absolute Gasteiger partial charge is 0.351 e. The maximum atomic E-state index is 12.9. The molecule has 3 aliphatic rings. The van der Waals surface area contributed by atoms with E-state index in [-0.39, 0.29) is 34.8 Å². The first-order valence-electron chi connectivity index (χ1n) is 10.4. The molecular weight excluding hydrogens is 460 g/mol. The van der Waals surface area contributed by atoms with Crippen molar-refractivity contribution in [3.63, 3.8) is 0 Å². The number of nitrogens with zero attached hydrogens (tertiary/aromatic N) is 2. The van der Waals surface area contributed by atoms with Crippen molar-refractivity contribution in [2.45, 2.75) is 42.5 Å². The summed E-state index contributed by atoms with van der Waals surface area (Å²) in [6.45, 7) is 1.34. The van der Waals surface area contributed by atoms with E-state index in [4.69, 9.17) is 0 Å². The molecular formula is C19H26N4O5S3. The predicted molar refractivity (Wildman–Crippen MR) is 119 cm³/mol. The minimum atomic E-state index is -3.70. The van der Waals surface area contributed by atoms with Crippen LogP contribution in [0.5, 0.6) is 0 Å². The smallest absolute Gasteiger partial charge is 0.325 e. The van der Waals surface area contributed by atoms with Crippen molar-refractivity contribution in [1.29, 1.82) is 0 Å². The van der Waals surface area contributed by atoms with Gasteiger partial charge in [-0.15, -0.1) is 11.3 Å². The summed E-state index contributed by atoms with van der Waals surface area (Å²) in [5, 5.41) is 7.17. The highest BCUT2D eigenvalue weighted by atomic mass is 32.2. The van der Waals surface area contributed by atoms with Gasteiger partial charge in [0.2, 0.25) is 10.0 Å². The Balaban J connectivity index is 1.32. The highest BCUT2D eigenvalue weighted by Gasteiger charge is 2.52. The molecule has 2 N–H and O–H groups in total. The molecule has 1 aromatic rings. The van der Waals surface area contributed by atoms with Crippen LogP contribution in [0.4, 0.5) is 4.79 Å². The zero-order valence-electron chi connectivity index (χ0n) is 17.1. The zero-order valence-corrected chi connectivity index (χ0v) is 19.5. The van der Waals surface area contributed by atoms with Crippen molar-refractivity contribution < 1.29 is 22.8 Å². The third kappa shape index (κ3) is 4.35. The van der Waals surface area contributed by atoms with Gasteiger partial charge in [-0.2, -0.15) is 16.1 Å². The number of urea groups is 1. The third-order valence-electron chi connectivity index (χ3n) is 5.97. The minimum absolute atomic E-state index is 0.0409. The van der Waals surface area contributed by atoms with E-state index in [1.165, 1.54) is 15.3 Å². The van der Waals surface area contributed by atoms with E-state index in [0.717, 1.165) is 35.7 Å². The van der Waals surface area contributed by atoms with Crippen LogP contribution in [-0.4, -0.2) is 78.7 Å². The normalized spacial score (nSPS) is 21.6. The Kier molecular flexibility index (Phi) is 6.61. The molecule has 3 heterocycles. The number of sulfonamides is 1. The molecule has 1 saturated carbocycles. The minimum Gasteiger partial charge on any atom is -0.351 e. The summed E-state index contributed by atoms with van der Waals surface area (Å²) in [6.07, 6.45) is 3.61. The maximum Gasteiger partial charge on any atom is 0.325 e. The molecule has 2 aliphatic heterocycles. The van der Waals surface area contributed by atoms with Crippen molar-refractivity contribution in [2.75, 3.05) is 37.7 Å². The van der Waals surface area contributed by atoms with Crippen LogP contribution in [-0.2, 0) is 14.8 Å². The Labute approximate surface area is 190 Å². The number of thioether (sulfide) groups is 1. The second kappa shape index (κ2) is 9.08. The summed E-state index contributed by atoms with van der Waals surface area (Å²) >= 11 is 2.81. The number of thiophene rings is 1. The maximum absolute atomic E-state index is 12.9. The monoisotopic (exact) mass is 486 g/mol. The molecule has 4 amide bonds. The average Bonchev–Trinajstić information content (AvgIpc) is 3.48.